The van der Waals surface area contributed by atoms with Crippen LogP contribution in [0, 0.1) is 0 Å². The minimum atomic E-state index is -0.0912. The van der Waals surface area contributed by atoms with E-state index in [1.807, 2.05) is 60.7 Å². The van der Waals surface area contributed by atoms with Crippen molar-refractivity contribution in [3.8, 4) is 51.0 Å². The first kappa shape index (κ1) is 36.7. The Bertz CT molecular complexity index is 3410. The van der Waals surface area contributed by atoms with E-state index >= 15 is 0 Å². The van der Waals surface area contributed by atoms with Gasteiger partial charge in [0.05, 0.1) is 11.0 Å². The van der Waals surface area contributed by atoms with E-state index < -0.39 is 0 Å². The smallest absolute Gasteiger partial charge is 0.164 e. The highest BCUT2D eigenvalue weighted by Gasteiger charge is 2.35. The monoisotopic (exact) mass is 807 g/mol. The van der Waals surface area contributed by atoms with Gasteiger partial charge in [-0.1, -0.05) is 135 Å². The molecule has 5 nitrogen and oxygen atoms in total. The van der Waals surface area contributed by atoms with Crippen molar-refractivity contribution in [1.29, 1.82) is 0 Å². The molecule has 0 N–H and O–H groups in total. The van der Waals surface area contributed by atoms with Crippen molar-refractivity contribution in [3.63, 3.8) is 0 Å². The molecule has 12 rings (SSSR count). The first-order valence-electron chi connectivity index (χ1n) is 21.5. The Morgan fingerprint density at radius 3 is 1.49 bits per heavy atom. The van der Waals surface area contributed by atoms with E-state index in [1.165, 1.54) is 43.8 Å². The first-order valence-corrected chi connectivity index (χ1v) is 21.5. The van der Waals surface area contributed by atoms with Crippen LogP contribution in [0.25, 0.3) is 83.6 Å². The van der Waals surface area contributed by atoms with Crippen molar-refractivity contribution in [3.05, 3.63) is 223 Å². The van der Waals surface area contributed by atoms with Gasteiger partial charge in [0.1, 0.15) is 0 Å². The maximum absolute atomic E-state index is 5.02. The van der Waals surface area contributed by atoms with E-state index in [-0.39, 0.29) is 5.41 Å². The fourth-order valence-corrected chi connectivity index (χ4v) is 9.67. The predicted molar refractivity (Wildman–Crippen MR) is 260 cm³/mol. The molecule has 5 heteroatoms. The average molecular weight is 808 g/mol. The number of rotatable bonds is 7. The van der Waals surface area contributed by atoms with Gasteiger partial charge in [-0.15, -0.1) is 0 Å². The lowest BCUT2D eigenvalue weighted by Gasteiger charge is -2.25. The fourth-order valence-electron chi connectivity index (χ4n) is 9.67. The molecule has 2 heterocycles. The molecule has 1 aliphatic carbocycles. The molecule has 9 aromatic carbocycles. The zero-order valence-electron chi connectivity index (χ0n) is 34.9. The van der Waals surface area contributed by atoms with Crippen molar-refractivity contribution in [2.45, 2.75) is 19.3 Å². The van der Waals surface area contributed by atoms with E-state index in [0.717, 1.165) is 50.5 Å². The minimum absolute atomic E-state index is 0.0912. The predicted octanol–water partition coefficient (Wildman–Crippen LogP) is 14.9. The number of para-hydroxylation sites is 2. The number of aromatic nitrogens is 4. The Morgan fingerprint density at radius 1 is 0.381 bits per heavy atom. The largest absolute Gasteiger partial charge is 0.310 e. The topological polar surface area (TPSA) is 46.8 Å². The van der Waals surface area contributed by atoms with E-state index in [2.05, 4.69) is 175 Å². The Balaban J connectivity index is 1.06. The lowest BCUT2D eigenvalue weighted by Crippen LogP contribution is -2.14. The summed E-state index contributed by atoms with van der Waals surface area (Å²) in [5, 5.41) is 4.85. The van der Waals surface area contributed by atoms with Crippen LogP contribution in [-0.4, -0.2) is 19.5 Å². The molecule has 0 aliphatic heterocycles. The molecule has 0 spiro atoms. The van der Waals surface area contributed by atoms with Gasteiger partial charge in [0.2, 0.25) is 0 Å². The third kappa shape index (κ3) is 6.12. The van der Waals surface area contributed by atoms with Gasteiger partial charge in [-0.2, -0.15) is 0 Å². The molecule has 1 aliphatic rings. The number of anilines is 3. The van der Waals surface area contributed by atoms with Gasteiger partial charge in [-0.3, -0.25) is 0 Å². The summed E-state index contributed by atoms with van der Waals surface area (Å²) in [6.07, 6.45) is 0. The summed E-state index contributed by atoms with van der Waals surface area (Å²) in [6, 6.07) is 75.6. The van der Waals surface area contributed by atoms with Crippen LogP contribution in [0.2, 0.25) is 0 Å². The van der Waals surface area contributed by atoms with Gasteiger partial charge < -0.3 is 9.47 Å². The van der Waals surface area contributed by atoms with Crippen LogP contribution in [0.3, 0.4) is 0 Å². The Kier molecular flexibility index (Phi) is 8.44. The van der Waals surface area contributed by atoms with Gasteiger partial charge in [0.15, 0.2) is 17.5 Å². The molecular formula is C58H41N5. The molecule has 298 valence electrons. The van der Waals surface area contributed by atoms with Crippen LogP contribution in [0.4, 0.5) is 17.1 Å². The van der Waals surface area contributed by atoms with Crippen LogP contribution in [0.5, 0.6) is 0 Å². The zero-order valence-corrected chi connectivity index (χ0v) is 34.9. The molecule has 0 saturated carbocycles. The maximum Gasteiger partial charge on any atom is 0.164 e. The highest BCUT2D eigenvalue weighted by molar-refractivity contribution is 6.15. The van der Waals surface area contributed by atoms with Gasteiger partial charge >= 0.3 is 0 Å². The van der Waals surface area contributed by atoms with Crippen molar-refractivity contribution in [1.82, 2.24) is 19.5 Å². The van der Waals surface area contributed by atoms with Crippen LogP contribution >= 0.6 is 0 Å². The molecular weight excluding hydrogens is 767 g/mol. The number of nitrogens with zero attached hydrogens (tertiary/aromatic N) is 5. The summed E-state index contributed by atoms with van der Waals surface area (Å²) in [6.45, 7) is 4.71. The van der Waals surface area contributed by atoms with Crippen LogP contribution in [-0.2, 0) is 5.41 Å². The first-order chi connectivity index (χ1) is 31.0. The Hall–Kier alpha value is -8.15. The lowest BCUT2D eigenvalue weighted by atomic mass is 9.82. The van der Waals surface area contributed by atoms with Crippen molar-refractivity contribution < 1.29 is 0 Å². The van der Waals surface area contributed by atoms with E-state index in [0.29, 0.717) is 17.5 Å². The Labute approximate surface area is 366 Å². The average Bonchev–Trinajstić information content (AvgIpc) is 3.77. The van der Waals surface area contributed by atoms with Crippen LogP contribution in [0.1, 0.15) is 25.0 Å². The number of hydrogen-bond donors (Lipinski definition) is 0. The molecule has 0 saturated heterocycles. The number of hydrogen-bond acceptors (Lipinski definition) is 4. The molecule has 0 fully saturated rings. The van der Waals surface area contributed by atoms with Crippen LogP contribution in [0.15, 0.2) is 212 Å². The summed E-state index contributed by atoms with van der Waals surface area (Å²) in [4.78, 5) is 17.3. The quantitative estimate of drug-likeness (QED) is 0.161. The molecule has 11 aromatic rings. The summed E-state index contributed by atoms with van der Waals surface area (Å²) in [5.41, 5.74) is 14.8. The van der Waals surface area contributed by atoms with Gasteiger partial charge in [-0.25, -0.2) is 15.0 Å². The molecule has 0 atom stereocenters. The summed E-state index contributed by atoms with van der Waals surface area (Å²) >= 11 is 0. The van der Waals surface area contributed by atoms with E-state index in [9.17, 15) is 0 Å². The van der Waals surface area contributed by atoms with Gasteiger partial charge in [-0.05, 0) is 124 Å². The van der Waals surface area contributed by atoms with Gasteiger partial charge in [0, 0.05) is 55.6 Å². The molecule has 0 bridgehead atoms. The van der Waals surface area contributed by atoms with E-state index in [1.54, 1.807) is 0 Å². The second kappa shape index (κ2) is 14.5. The maximum atomic E-state index is 5.02. The molecule has 0 unspecified atom stereocenters. The third-order valence-electron chi connectivity index (χ3n) is 12.8. The lowest BCUT2D eigenvalue weighted by molar-refractivity contribution is 0.661. The summed E-state index contributed by atoms with van der Waals surface area (Å²) in [7, 11) is 0. The summed E-state index contributed by atoms with van der Waals surface area (Å²) in [5.74, 6) is 1.92. The SMILES string of the molecule is CC1(C)c2ccccc2-c2cc3cc4c(cc3cc21)c1cc(N(c2ccccc2)c2ccccc2)ccc1n4-c1ccc(-c2nc(-c3ccccc3)nc(-c3ccccc3)n2)cc1. The molecule has 0 radical (unpaired) electrons. The summed E-state index contributed by atoms with van der Waals surface area (Å²) < 4.78 is 2.41. The molecule has 0 amide bonds. The fraction of sp³-hybridized carbons (Fsp3) is 0.0517. The number of fused-ring (bicyclic) bond motifs is 7. The van der Waals surface area contributed by atoms with Crippen molar-refractivity contribution >= 4 is 49.6 Å². The van der Waals surface area contributed by atoms with E-state index in [4.69, 9.17) is 15.0 Å². The third-order valence-corrected chi connectivity index (χ3v) is 12.8. The minimum Gasteiger partial charge on any atom is -0.310 e. The van der Waals surface area contributed by atoms with Gasteiger partial charge in [0.25, 0.3) is 0 Å². The molecule has 63 heavy (non-hydrogen) atoms. The second-order valence-corrected chi connectivity index (χ2v) is 16.9. The van der Waals surface area contributed by atoms with Crippen LogP contribution < -0.4 is 4.90 Å². The standard InChI is InChI=1S/C58H41N5/c1-58(2)51-26-16-15-25-47(51)48-33-42-36-54-49(34-41(42)35-52(48)58)50-37-46(62(43-21-11-5-12-22-43)44-23-13-6-14-24-44)31-32-53(50)63(54)45-29-27-40(28-30-45)57-60-55(38-17-7-3-8-18-38)59-56(61-57)39-19-9-4-10-20-39/h3-37H,1-2H3. The highest BCUT2D eigenvalue weighted by Crippen LogP contribution is 2.50. The Morgan fingerprint density at radius 2 is 0.889 bits per heavy atom. The molecule has 2 aromatic heterocycles. The normalized spacial score (nSPS) is 12.7. The number of benzene rings is 9. The zero-order chi connectivity index (χ0) is 42.1. The van der Waals surface area contributed by atoms with Crippen molar-refractivity contribution in [2.75, 3.05) is 4.90 Å². The van der Waals surface area contributed by atoms with Crippen molar-refractivity contribution in [2.24, 2.45) is 0 Å². The highest BCUT2D eigenvalue weighted by atomic mass is 15.1. The second-order valence-electron chi connectivity index (χ2n) is 16.9.